The summed E-state index contributed by atoms with van der Waals surface area (Å²) in [5.41, 5.74) is 1.23. The van der Waals surface area contributed by atoms with Gasteiger partial charge in [-0.2, -0.15) is 0 Å². The summed E-state index contributed by atoms with van der Waals surface area (Å²) >= 11 is 3.31. The van der Waals surface area contributed by atoms with Crippen LogP contribution in [0.1, 0.15) is 23.7 Å². The van der Waals surface area contributed by atoms with Gasteiger partial charge in [-0.3, -0.25) is 19.3 Å². The van der Waals surface area contributed by atoms with Crippen LogP contribution in [0, 0.1) is 17.8 Å². The van der Waals surface area contributed by atoms with Gasteiger partial charge in [0.15, 0.2) is 6.61 Å². The summed E-state index contributed by atoms with van der Waals surface area (Å²) in [5.74, 6) is -2.23. The Hall–Kier alpha value is -3.26. The number of hydrogen-bond donors (Lipinski definition) is 1. The summed E-state index contributed by atoms with van der Waals surface area (Å²) in [7, 11) is 0. The Morgan fingerprint density at radius 3 is 2.41 bits per heavy atom. The standard InChI is InChI=1S/C24H21BrN2O5/c1-14-3-2-4-19-21(14)23(30)27(22(19)29)18-11-5-15(6-12-18)24(31)32-13-20(28)26-17-9-7-16(25)8-10-17/h2-3,5-12,14,19,21H,4,13H2,1H3,(H,26,28)/t14-,19+,21+/m1/s1. The number of fused-ring (bicyclic) bond motifs is 1. The number of imide groups is 1. The molecule has 2 aliphatic rings. The second kappa shape index (κ2) is 9.08. The highest BCUT2D eigenvalue weighted by atomic mass is 79.9. The molecule has 0 aromatic heterocycles. The lowest BCUT2D eigenvalue weighted by Crippen LogP contribution is -2.31. The van der Waals surface area contributed by atoms with Crippen molar-refractivity contribution in [3.63, 3.8) is 0 Å². The maximum Gasteiger partial charge on any atom is 0.338 e. The van der Waals surface area contributed by atoms with Crippen LogP contribution in [0.2, 0.25) is 0 Å². The van der Waals surface area contributed by atoms with E-state index in [0.29, 0.717) is 17.8 Å². The van der Waals surface area contributed by atoms with Gasteiger partial charge in [0, 0.05) is 10.2 Å². The van der Waals surface area contributed by atoms with E-state index in [2.05, 4.69) is 21.2 Å². The Morgan fingerprint density at radius 2 is 1.75 bits per heavy atom. The van der Waals surface area contributed by atoms with E-state index in [0.717, 1.165) is 4.47 Å². The van der Waals surface area contributed by atoms with Crippen molar-refractivity contribution in [1.29, 1.82) is 0 Å². The molecule has 1 heterocycles. The topological polar surface area (TPSA) is 92.8 Å². The van der Waals surface area contributed by atoms with Gasteiger partial charge < -0.3 is 10.1 Å². The number of carbonyl (C=O) groups is 4. The molecule has 1 aliphatic carbocycles. The Kier molecular flexibility index (Phi) is 6.23. The third-order valence-corrected chi connectivity index (χ3v) is 6.22. The molecule has 32 heavy (non-hydrogen) atoms. The van der Waals surface area contributed by atoms with E-state index in [-0.39, 0.29) is 35.1 Å². The molecule has 0 radical (unpaired) electrons. The van der Waals surface area contributed by atoms with Crippen LogP contribution in [-0.2, 0) is 19.1 Å². The van der Waals surface area contributed by atoms with E-state index in [1.54, 1.807) is 36.4 Å². The van der Waals surface area contributed by atoms with Gasteiger partial charge in [-0.15, -0.1) is 0 Å². The minimum atomic E-state index is -0.673. The van der Waals surface area contributed by atoms with E-state index >= 15 is 0 Å². The highest BCUT2D eigenvalue weighted by Gasteiger charge is 2.50. The van der Waals surface area contributed by atoms with Gasteiger partial charge in [-0.1, -0.05) is 35.0 Å². The minimum Gasteiger partial charge on any atom is -0.452 e. The first-order chi connectivity index (χ1) is 15.3. The fraction of sp³-hybridized carbons (Fsp3) is 0.250. The Morgan fingerprint density at radius 1 is 1.06 bits per heavy atom. The number of hydrogen-bond acceptors (Lipinski definition) is 5. The van der Waals surface area contributed by atoms with Crippen LogP contribution in [0.3, 0.4) is 0 Å². The minimum absolute atomic E-state index is 0.00741. The second-order valence-electron chi connectivity index (χ2n) is 7.85. The van der Waals surface area contributed by atoms with Crippen molar-refractivity contribution >= 4 is 51.0 Å². The number of esters is 1. The normalized spacial score (nSPS) is 21.9. The maximum absolute atomic E-state index is 12.9. The zero-order valence-corrected chi connectivity index (χ0v) is 18.9. The molecule has 0 spiro atoms. The second-order valence-corrected chi connectivity index (χ2v) is 8.76. The van der Waals surface area contributed by atoms with Crippen LogP contribution < -0.4 is 10.2 Å². The average molecular weight is 497 g/mol. The van der Waals surface area contributed by atoms with Gasteiger partial charge in [0.1, 0.15) is 0 Å². The molecule has 1 saturated heterocycles. The quantitative estimate of drug-likeness (QED) is 0.384. The number of halogens is 1. The molecule has 1 fully saturated rings. The van der Waals surface area contributed by atoms with Crippen molar-refractivity contribution in [1.82, 2.24) is 0 Å². The maximum atomic E-state index is 12.9. The summed E-state index contributed by atoms with van der Waals surface area (Å²) < 4.78 is 5.95. The molecule has 8 heteroatoms. The summed E-state index contributed by atoms with van der Waals surface area (Å²) in [6.45, 7) is 1.50. The third-order valence-electron chi connectivity index (χ3n) is 5.70. The van der Waals surface area contributed by atoms with Crippen molar-refractivity contribution in [2.45, 2.75) is 13.3 Å². The highest BCUT2D eigenvalue weighted by molar-refractivity contribution is 9.10. The number of nitrogens with zero attached hydrogens (tertiary/aromatic N) is 1. The van der Waals surface area contributed by atoms with Crippen LogP contribution >= 0.6 is 15.9 Å². The van der Waals surface area contributed by atoms with Crippen molar-refractivity contribution in [3.8, 4) is 0 Å². The Balaban J connectivity index is 1.36. The molecule has 2 aromatic rings. The monoisotopic (exact) mass is 496 g/mol. The van der Waals surface area contributed by atoms with Crippen LogP contribution in [-0.4, -0.2) is 30.3 Å². The van der Waals surface area contributed by atoms with E-state index in [4.69, 9.17) is 4.74 Å². The molecule has 3 atom stereocenters. The number of ether oxygens (including phenoxy) is 1. The summed E-state index contributed by atoms with van der Waals surface area (Å²) in [5, 5.41) is 2.64. The lowest BCUT2D eigenvalue weighted by atomic mass is 9.78. The molecule has 1 aliphatic heterocycles. The predicted octanol–water partition coefficient (Wildman–Crippen LogP) is 3.95. The number of allylic oxidation sites excluding steroid dienone is 2. The smallest absolute Gasteiger partial charge is 0.338 e. The molecule has 0 saturated carbocycles. The molecule has 2 aromatic carbocycles. The van der Waals surface area contributed by atoms with Crippen LogP contribution in [0.5, 0.6) is 0 Å². The van der Waals surface area contributed by atoms with E-state index < -0.39 is 18.5 Å². The summed E-state index contributed by atoms with van der Waals surface area (Å²) in [6.07, 6.45) is 4.48. The van der Waals surface area contributed by atoms with Crippen LogP contribution in [0.4, 0.5) is 11.4 Å². The fourth-order valence-electron chi connectivity index (χ4n) is 4.09. The van der Waals surface area contributed by atoms with Crippen molar-refractivity contribution < 1.29 is 23.9 Å². The number of anilines is 2. The van der Waals surface area contributed by atoms with Gasteiger partial charge >= 0.3 is 5.97 Å². The molecule has 1 N–H and O–H groups in total. The molecule has 0 bridgehead atoms. The Bertz CT molecular complexity index is 1090. The van der Waals surface area contributed by atoms with E-state index in [9.17, 15) is 19.2 Å². The summed E-state index contributed by atoms with van der Waals surface area (Å²) in [6, 6.07) is 13.1. The van der Waals surface area contributed by atoms with Gasteiger partial charge in [0.05, 0.1) is 23.1 Å². The Labute approximate surface area is 193 Å². The van der Waals surface area contributed by atoms with Crippen LogP contribution in [0.15, 0.2) is 65.2 Å². The van der Waals surface area contributed by atoms with Gasteiger partial charge in [-0.25, -0.2) is 4.79 Å². The number of amides is 3. The zero-order valence-electron chi connectivity index (χ0n) is 17.3. The van der Waals surface area contributed by atoms with Gasteiger partial charge in [0.2, 0.25) is 11.8 Å². The molecule has 0 unspecified atom stereocenters. The molecule has 164 valence electrons. The number of nitrogens with one attached hydrogen (secondary N) is 1. The first-order valence-corrected chi connectivity index (χ1v) is 11.0. The highest BCUT2D eigenvalue weighted by Crippen LogP contribution is 2.40. The van der Waals surface area contributed by atoms with E-state index in [1.807, 2.05) is 19.1 Å². The van der Waals surface area contributed by atoms with Crippen molar-refractivity contribution in [2.24, 2.45) is 17.8 Å². The molecular weight excluding hydrogens is 476 g/mol. The first kappa shape index (κ1) is 22.0. The number of carbonyl (C=O) groups excluding carboxylic acids is 4. The molecule has 7 nitrogen and oxygen atoms in total. The summed E-state index contributed by atoms with van der Waals surface area (Å²) in [4.78, 5) is 51.1. The molecule has 3 amide bonds. The van der Waals surface area contributed by atoms with Crippen molar-refractivity contribution in [2.75, 3.05) is 16.8 Å². The predicted molar refractivity (Wildman–Crippen MR) is 122 cm³/mol. The van der Waals surface area contributed by atoms with Crippen molar-refractivity contribution in [3.05, 3.63) is 70.7 Å². The lowest BCUT2D eigenvalue weighted by molar-refractivity contribution is -0.123. The fourth-order valence-corrected chi connectivity index (χ4v) is 4.36. The number of rotatable bonds is 5. The third kappa shape index (κ3) is 4.36. The van der Waals surface area contributed by atoms with Crippen LogP contribution in [0.25, 0.3) is 0 Å². The number of benzene rings is 2. The lowest BCUT2D eigenvalue weighted by Gasteiger charge is -2.22. The molecular formula is C24H21BrN2O5. The molecule has 4 rings (SSSR count). The average Bonchev–Trinajstić information content (AvgIpc) is 3.05. The van der Waals surface area contributed by atoms with E-state index in [1.165, 1.54) is 17.0 Å². The van der Waals surface area contributed by atoms with Gasteiger partial charge in [0.25, 0.3) is 5.91 Å². The SMILES string of the molecule is C[C@@H]1C=CC[C@@H]2C(=O)N(c3ccc(C(=O)OCC(=O)Nc4ccc(Br)cc4)cc3)C(=O)[C@@H]12. The first-order valence-electron chi connectivity index (χ1n) is 10.2. The zero-order chi connectivity index (χ0) is 22.8. The largest absolute Gasteiger partial charge is 0.452 e. The van der Waals surface area contributed by atoms with Gasteiger partial charge in [-0.05, 0) is 60.9 Å².